The number of carbonyl (C=O) groups is 1. The van der Waals surface area contributed by atoms with Crippen LogP contribution in [0.25, 0.3) is 0 Å². The van der Waals surface area contributed by atoms with Crippen molar-refractivity contribution in [2.45, 2.75) is 76.2 Å². The maximum absolute atomic E-state index is 12.5. The fourth-order valence-corrected chi connectivity index (χ4v) is 3.83. The topological polar surface area (TPSA) is 81.7 Å². The Labute approximate surface area is 286 Å². The van der Waals surface area contributed by atoms with Gasteiger partial charge in [-0.1, -0.05) is 64.8 Å². The lowest BCUT2D eigenvalue weighted by molar-refractivity contribution is -0.156. The van der Waals surface area contributed by atoms with Gasteiger partial charge in [0.1, 0.15) is 6.61 Å². The van der Waals surface area contributed by atoms with Gasteiger partial charge in [-0.05, 0) is 76.2 Å². The monoisotopic (exact) mass is 662 g/mol. The molecule has 0 radical (unpaired) electrons. The highest BCUT2D eigenvalue weighted by Gasteiger charge is 2.37. The van der Waals surface area contributed by atoms with Crippen molar-refractivity contribution in [2.24, 2.45) is 10.8 Å². The number of carbonyl (C=O) groups excluding carboxylic acids is 1. The van der Waals surface area contributed by atoms with E-state index < -0.39 is 16.8 Å². The number of esters is 1. The average Bonchev–Trinajstić information content (AvgIpc) is 2.98. The van der Waals surface area contributed by atoms with Crippen LogP contribution < -0.4 is 0 Å². The highest BCUT2D eigenvalue weighted by molar-refractivity contribution is 5.86. The van der Waals surface area contributed by atoms with Crippen molar-refractivity contribution in [3.63, 3.8) is 0 Å². The van der Waals surface area contributed by atoms with Crippen molar-refractivity contribution in [1.29, 1.82) is 0 Å². The molecule has 0 bridgehead atoms. The molecule has 0 aliphatic rings. The zero-order valence-electron chi connectivity index (χ0n) is 31.6. The molecule has 0 aliphatic carbocycles. The molecular formula is C39H66O8. The highest BCUT2D eigenvalue weighted by Crippen LogP contribution is 2.26. The van der Waals surface area contributed by atoms with E-state index in [1.54, 1.807) is 6.92 Å². The van der Waals surface area contributed by atoms with E-state index >= 15 is 0 Å². The standard InChI is InChI=1S/C39H66O8/c1-31(2)13-18-41-23-38(24-42-19-14-32(3)4,25-43-20-15-33(5)6)28-46-29-39(26-44-21-16-34(7)8,27-45-22-17-35(9)10)30-47-37(40)36(11)12/h13-17H,11,18-30H2,1-10,12H3. The zero-order valence-corrected chi connectivity index (χ0v) is 31.6. The molecule has 0 rings (SSSR count). The third kappa shape index (κ3) is 24.5. The second kappa shape index (κ2) is 25.7. The Morgan fingerprint density at radius 1 is 0.426 bits per heavy atom. The molecule has 0 fully saturated rings. The Morgan fingerprint density at radius 2 is 0.660 bits per heavy atom. The number of allylic oxidation sites excluding steroid dienone is 5. The van der Waals surface area contributed by atoms with Gasteiger partial charge in [0, 0.05) is 5.57 Å². The molecule has 8 nitrogen and oxygen atoms in total. The number of rotatable bonds is 27. The van der Waals surface area contributed by atoms with Gasteiger partial charge in [-0.3, -0.25) is 0 Å². The maximum Gasteiger partial charge on any atom is 0.333 e. The first kappa shape index (κ1) is 44.7. The molecule has 0 saturated heterocycles. The van der Waals surface area contributed by atoms with Crippen molar-refractivity contribution in [2.75, 3.05) is 85.9 Å². The number of ether oxygens (including phenoxy) is 7. The summed E-state index contributed by atoms with van der Waals surface area (Å²) in [6.45, 7) is 30.2. The molecule has 270 valence electrons. The molecule has 0 N–H and O–H groups in total. The third-order valence-corrected chi connectivity index (χ3v) is 6.76. The largest absolute Gasteiger partial charge is 0.461 e. The third-order valence-electron chi connectivity index (χ3n) is 6.76. The lowest BCUT2D eigenvalue weighted by atomic mass is 9.90. The predicted octanol–water partition coefficient (Wildman–Crippen LogP) is 8.01. The SMILES string of the molecule is C=C(C)C(=O)OCC(COCC=C(C)C)(COCC=C(C)C)COCC(COCC=C(C)C)(COCC=C(C)C)COCC=C(C)C. The van der Waals surface area contributed by atoms with Crippen LogP contribution in [0.2, 0.25) is 0 Å². The molecule has 0 aromatic rings. The van der Waals surface area contributed by atoms with E-state index in [1.165, 1.54) is 16.7 Å². The summed E-state index contributed by atoms with van der Waals surface area (Å²) in [4.78, 5) is 12.5. The van der Waals surface area contributed by atoms with Crippen LogP contribution >= 0.6 is 0 Å². The van der Waals surface area contributed by atoms with E-state index in [1.807, 2.05) is 99.6 Å². The van der Waals surface area contributed by atoms with Gasteiger partial charge in [0.25, 0.3) is 0 Å². The fraction of sp³-hybridized carbons (Fsp3) is 0.667. The van der Waals surface area contributed by atoms with Crippen LogP contribution in [-0.4, -0.2) is 91.9 Å². The van der Waals surface area contributed by atoms with Crippen molar-refractivity contribution < 1.29 is 38.0 Å². The molecule has 0 aliphatic heterocycles. The molecule has 47 heavy (non-hydrogen) atoms. The Hall–Kier alpha value is -2.33. The molecule has 0 aromatic carbocycles. The molecule has 0 heterocycles. The van der Waals surface area contributed by atoms with Gasteiger partial charge in [0.15, 0.2) is 0 Å². The molecule has 0 spiro atoms. The van der Waals surface area contributed by atoms with E-state index in [-0.39, 0.29) is 33.0 Å². The first-order chi connectivity index (χ1) is 22.1. The van der Waals surface area contributed by atoms with Crippen LogP contribution in [0.1, 0.15) is 76.2 Å². The maximum atomic E-state index is 12.5. The summed E-state index contributed by atoms with van der Waals surface area (Å²) in [5.41, 5.74) is 4.79. The fourth-order valence-electron chi connectivity index (χ4n) is 3.83. The average molecular weight is 663 g/mol. The van der Waals surface area contributed by atoms with Gasteiger partial charge in [-0.2, -0.15) is 0 Å². The van der Waals surface area contributed by atoms with Gasteiger partial charge in [-0.15, -0.1) is 0 Å². The van der Waals surface area contributed by atoms with Crippen LogP contribution in [0.15, 0.2) is 70.4 Å². The summed E-state index contributed by atoms with van der Waals surface area (Å²) in [6.07, 6.45) is 10.2. The molecule has 0 aromatic heterocycles. The van der Waals surface area contributed by atoms with Gasteiger partial charge >= 0.3 is 5.97 Å². The van der Waals surface area contributed by atoms with Crippen LogP contribution in [-0.2, 0) is 38.0 Å². The van der Waals surface area contributed by atoms with Crippen molar-refractivity contribution >= 4 is 5.97 Å². The molecule has 0 amide bonds. The van der Waals surface area contributed by atoms with E-state index in [0.717, 1.165) is 11.1 Å². The first-order valence-corrected chi connectivity index (χ1v) is 16.6. The zero-order chi connectivity index (χ0) is 35.7. The van der Waals surface area contributed by atoms with Gasteiger partial charge < -0.3 is 33.2 Å². The summed E-state index contributed by atoms with van der Waals surface area (Å²) in [5, 5.41) is 0. The summed E-state index contributed by atoms with van der Waals surface area (Å²) in [7, 11) is 0. The second-order valence-corrected chi connectivity index (χ2v) is 13.8. The molecule has 8 heteroatoms. The van der Waals surface area contributed by atoms with Crippen LogP contribution in [0.3, 0.4) is 0 Å². The minimum atomic E-state index is -0.781. The van der Waals surface area contributed by atoms with E-state index in [9.17, 15) is 4.79 Å². The number of hydrogen-bond acceptors (Lipinski definition) is 8. The van der Waals surface area contributed by atoms with Gasteiger partial charge in [-0.25, -0.2) is 4.79 Å². The molecule has 0 atom stereocenters. The van der Waals surface area contributed by atoms with Crippen molar-refractivity contribution in [1.82, 2.24) is 0 Å². The number of hydrogen-bond donors (Lipinski definition) is 0. The molecular weight excluding hydrogens is 596 g/mol. The molecule has 0 unspecified atom stereocenters. The molecule has 0 saturated carbocycles. The lowest BCUT2D eigenvalue weighted by Gasteiger charge is -2.36. The van der Waals surface area contributed by atoms with E-state index in [4.69, 9.17) is 33.2 Å². The van der Waals surface area contributed by atoms with Crippen molar-refractivity contribution in [3.05, 3.63) is 70.4 Å². The Morgan fingerprint density at radius 3 is 0.894 bits per heavy atom. The normalized spacial score (nSPS) is 11.4. The summed E-state index contributed by atoms with van der Waals surface area (Å²) in [5.74, 6) is -0.467. The predicted molar refractivity (Wildman–Crippen MR) is 193 cm³/mol. The van der Waals surface area contributed by atoms with Gasteiger partial charge in [0.05, 0.1) is 90.1 Å². The Bertz CT molecular complexity index is 959. The summed E-state index contributed by atoms with van der Waals surface area (Å²) >= 11 is 0. The minimum absolute atomic E-state index is 0.0422. The highest BCUT2D eigenvalue weighted by atomic mass is 16.6. The minimum Gasteiger partial charge on any atom is -0.461 e. The van der Waals surface area contributed by atoms with Crippen LogP contribution in [0.5, 0.6) is 0 Å². The van der Waals surface area contributed by atoms with E-state index in [0.29, 0.717) is 58.4 Å². The summed E-state index contributed by atoms with van der Waals surface area (Å²) in [6, 6.07) is 0. The second-order valence-electron chi connectivity index (χ2n) is 13.8. The summed E-state index contributed by atoms with van der Waals surface area (Å²) < 4.78 is 43.0. The Kier molecular flexibility index (Phi) is 24.4. The van der Waals surface area contributed by atoms with E-state index in [2.05, 4.69) is 6.58 Å². The van der Waals surface area contributed by atoms with Crippen molar-refractivity contribution in [3.8, 4) is 0 Å². The first-order valence-electron chi connectivity index (χ1n) is 16.6. The smallest absolute Gasteiger partial charge is 0.333 e. The lowest BCUT2D eigenvalue weighted by Crippen LogP contribution is -2.46. The van der Waals surface area contributed by atoms with Crippen LogP contribution in [0, 0.1) is 10.8 Å². The van der Waals surface area contributed by atoms with Gasteiger partial charge in [0.2, 0.25) is 0 Å². The quantitative estimate of drug-likeness (QED) is 0.0379. The Balaban J connectivity index is 6.34. The van der Waals surface area contributed by atoms with Crippen LogP contribution in [0.4, 0.5) is 0 Å².